The first-order valence-corrected chi connectivity index (χ1v) is 10.5. The van der Waals surface area contributed by atoms with E-state index >= 15 is 0 Å². The summed E-state index contributed by atoms with van der Waals surface area (Å²) in [5, 5.41) is 8.12. The average molecular weight is 539 g/mol. The van der Waals surface area contributed by atoms with Gasteiger partial charge in [0, 0.05) is 48.7 Å². The van der Waals surface area contributed by atoms with Crippen LogP contribution in [0, 0.1) is 5.92 Å². The number of amides is 1. The van der Waals surface area contributed by atoms with Gasteiger partial charge in [-0.15, -0.1) is 24.0 Å². The zero-order valence-electron chi connectivity index (χ0n) is 16.2. The van der Waals surface area contributed by atoms with Crippen LogP contribution in [-0.2, 0) is 11.2 Å². The number of benzene rings is 1. The summed E-state index contributed by atoms with van der Waals surface area (Å²) in [5.74, 6) is 1.34. The van der Waals surface area contributed by atoms with E-state index in [9.17, 15) is 4.79 Å². The summed E-state index contributed by atoms with van der Waals surface area (Å²) in [5.41, 5.74) is 0.943. The van der Waals surface area contributed by atoms with Crippen LogP contribution in [0.4, 0.5) is 0 Å². The van der Waals surface area contributed by atoms with Crippen LogP contribution >= 0.6 is 47.2 Å². The fraction of sp³-hybridized carbons (Fsp3) is 0.600. The molecule has 1 aromatic carbocycles. The van der Waals surface area contributed by atoms with Gasteiger partial charge in [-0.2, -0.15) is 0 Å². The number of carbonyl (C=O) groups excluding carboxylic acids is 1. The van der Waals surface area contributed by atoms with Crippen molar-refractivity contribution in [1.29, 1.82) is 0 Å². The molecular formula is C20H29Cl2IN4O. The van der Waals surface area contributed by atoms with E-state index in [2.05, 4.69) is 15.6 Å². The molecule has 1 atom stereocenters. The summed E-state index contributed by atoms with van der Waals surface area (Å²) in [4.78, 5) is 18.9. The number of guanidine groups is 1. The summed E-state index contributed by atoms with van der Waals surface area (Å²) in [7, 11) is 1.76. The number of halogens is 3. The van der Waals surface area contributed by atoms with E-state index in [0.29, 0.717) is 22.5 Å². The first kappa shape index (κ1) is 23.5. The zero-order chi connectivity index (χ0) is 19.2. The van der Waals surface area contributed by atoms with E-state index in [1.54, 1.807) is 7.05 Å². The summed E-state index contributed by atoms with van der Waals surface area (Å²) < 4.78 is 0. The Balaban J connectivity index is 0.00000280. The molecule has 3 rings (SSSR count). The second-order valence-electron chi connectivity index (χ2n) is 7.34. The van der Waals surface area contributed by atoms with Crippen molar-refractivity contribution in [2.75, 3.05) is 26.7 Å². The molecule has 1 heterocycles. The Morgan fingerprint density at radius 2 is 1.89 bits per heavy atom. The molecule has 0 aromatic heterocycles. The minimum atomic E-state index is 0. The molecule has 2 N–H and O–H groups in total. The van der Waals surface area contributed by atoms with Crippen molar-refractivity contribution >= 4 is 59.0 Å². The molecular weight excluding hydrogens is 510 g/mol. The van der Waals surface area contributed by atoms with Crippen LogP contribution in [0.5, 0.6) is 0 Å². The van der Waals surface area contributed by atoms with Gasteiger partial charge in [0.15, 0.2) is 5.96 Å². The average Bonchev–Trinajstić information content (AvgIpc) is 3.34. The Morgan fingerprint density at radius 3 is 2.54 bits per heavy atom. The molecule has 0 bridgehead atoms. The molecule has 1 saturated heterocycles. The van der Waals surface area contributed by atoms with Crippen LogP contribution in [0.25, 0.3) is 0 Å². The van der Waals surface area contributed by atoms with Gasteiger partial charge in [-0.25, -0.2) is 0 Å². The molecule has 1 aliphatic carbocycles. The lowest BCUT2D eigenvalue weighted by Crippen LogP contribution is -2.45. The number of hydrogen-bond acceptors (Lipinski definition) is 2. The molecule has 5 nitrogen and oxygen atoms in total. The van der Waals surface area contributed by atoms with Crippen LogP contribution in [0.3, 0.4) is 0 Å². The van der Waals surface area contributed by atoms with Gasteiger partial charge in [-0.05, 0) is 43.4 Å². The number of aliphatic imine (C=N–C) groups is 1. The van der Waals surface area contributed by atoms with Gasteiger partial charge in [0.1, 0.15) is 0 Å². The molecule has 156 valence electrons. The van der Waals surface area contributed by atoms with E-state index in [0.717, 1.165) is 50.3 Å². The third kappa shape index (κ3) is 6.13. The quantitative estimate of drug-likeness (QED) is 0.337. The predicted octanol–water partition coefficient (Wildman–Crippen LogP) is 4.11. The molecule has 8 heteroatoms. The van der Waals surface area contributed by atoms with Gasteiger partial charge >= 0.3 is 0 Å². The van der Waals surface area contributed by atoms with Crippen molar-refractivity contribution in [3.63, 3.8) is 0 Å². The highest BCUT2D eigenvalue weighted by Gasteiger charge is 2.32. The number of nitrogens with one attached hydrogen (secondary N) is 2. The number of carbonyl (C=O) groups is 1. The van der Waals surface area contributed by atoms with E-state index in [4.69, 9.17) is 23.2 Å². The van der Waals surface area contributed by atoms with Gasteiger partial charge in [0.2, 0.25) is 5.91 Å². The molecule has 1 unspecified atom stereocenters. The van der Waals surface area contributed by atoms with Crippen molar-refractivity contribution in [2.45, 2.75) is 44.6 Å². The molecule has 1 aromatic rings. The maximum atomic E-state index is 12.6. The van der Waals surface area contributed by atoms with Gasteiger partial charge < -0.3 is 15.5 Å². The fourth-order valence-corrected chi connectivity index (χ4v) is 4.56. The standard InChI is InChI=1S/C20H28Cl2N4O.HI/c1-23-20(24-11-9-16-17(21)7-4-8-18(16)22)25-15-10-12-26(13-15)19(27)14-5-2-3-6-14;/h4,7-8,14-15H,2-3,5-6,9-13H2,1H3,(H2,23,24,25);1H. The largest absolute Gasteiger partial charge is 0.356 e. The summed E-state index contributed by atoms with van der Waals surface area (Å²) in [6.45, 7) is 2.27. The minimum absolute atomic E-state index is 0. The molecule has 1 amide bonds. The normalized spacial score (nSPS) is 20.2. The topological polar surface area (TPSA) is 56.7 Å². The van der Waals surface area contributed by atoms with E-state index < -0.39 is 0 Å². The summed E-state index contributed by atoms with van der Waals surface area (Å²) in [6.07, 6.45) is 6.17. The molecule has 1 saturated carbocycles. The lowest BCUT2D eigenvalue weighted by molar-refractivity contribution is -0.134. The highest BCUT2D eigenvalue weighted by atomic mass is 127. The second-order valence-corrected chi connectivity index (χ2v) is 8.16. The highest BCUT2D eigenvalue weighted by Crippen LogP contribution is 2.28. The van der Waals surface area contributed by atoms with Gasteiger partial charge in [-0.3, -0.25) is 9.79 Å². The van der Waals surface area contributed by atoms with Gasteiger partial charge in [-0.1, -0.05) is 42.1 Å². The van der Waals surface area contributed by atoms with Crippen LogP contribution in [0.15, 0.2) is 23.2 Å². The van der Waals surface area contributed by atoms with E-state index in [-0.39, 0.29) is 35.9 Å². The smallest absolute Gasteiger partial charge is 0.225 e. The van der Waals surface area contributed by atoms with Crippen molar-refractivity contribution in [1.82, 2.24) is 15.5 Å². The lowest BCUT2D eigenvalue weighted by Gasteiger charge is -2.21. The number of rotatable bonds is 5. The Morgan fingerprint density at radius 1 is 1.21 bits per heavy atom. The molecule has 1 aliphatic heterocycles. The van der Waals surface area contributed by atoms with Gasteiger partial charge in [0.05, 0.1) is 0 Å². The van der Waals surface area contributed by atoms with Crippen molar-refractivity contribution in [3.05, 3.63) is 33.8 Å². The summed E-state index contributed by atoms with van der Waals surface area (Å²) >= 11 is 12.4. The van der Waals surface area contributed by atoms with Crippen LogP contribution in [-0.4, -0.2) is 49.5 Å². The molecule has 2 fully saturated rings. The molecule has 28 heavy (non-hydrogen) atoms. The maximum Gasteiger partial charge on any atom is 0.225 e. The molecule has 2 aliphatic rings. The van der Waals surface area contributed by atoms with Crippen LogP contribution < -0.4 is 10.6 Å². The fourth-order valence-electron chi connectivity index (χ4n) is 3.97. The molecule has 0 spiro atoms. The minimum Gasteiger partial charge on any atom is -0.356 e. The third-order valence-electron chi connectivity index (χ3n) is 5.50. The monoisotopic (exact) mass is 538 g/mol. The Labute approximate surface area is 194 Å². The highest BCUT2D eigenvalue weighted by molar-refractivity contribution is 14.0. The first-order chi connectivity index (χ1) is 13.1. The lowest BCUT2D eigenvalue weighted by atomic mass is 10.1. The number of nitrogens with zero attached hydrogens (tertiary/aromatic N) is 2. The zero-order valence-corrected chi connectivity index (χ0v) is 20.1. The maximum absolute atomic E-state index is 12.6. The third-order valence-corrected chi connectivity index (χ3v) is 6.21. The van der Waals surface area contributed by atoms with Crippen molar-refractivity contribution in [2.24, 2.45) is 10.9 Å². The second kappa shape index (κ2) is 11.5. The number of likely N-dealkylation sites (tertiary alicyclic amines) is 1. The SMILES string of the molecule is CN=C(NCCc1c(Cl)cccc1Cl)NC1CCN(C(=O)C2CCCC2)C1.I. The van der Waals surface area contributed by atoms with Crippen molar-refractivity contribution in [3.8, 4) is 0 Å². The van der Waals surface area contributed by atoms with Gasteiger partial charge in [0.25, 0.3) is 0 Å². The Bertz CT molecular complexity index is 675. The van der Waals surface area contributed by atoms with E-state index in [1.165, 1.54) is 12.8 Å². The molecule has 0 radical (unpaired) electrons. The summed E-state index contributed by atoms with van der Waals surface area (Å²) in [6, 6.07) is 5.79. The Hall–Kier alpha value is -0.730. The predicted molar refractivity (Wildman–Crippen MR) is 127 cm³/mol. The van der Waals surface area contributed by atoms with Crippen LogP contribution in [0.2, 0.25) is 10.0 Å². The first-order valence-electron chi connectivity index (χ1n) is 9.77. The number of hydrogen-bond donors (Lipinski definition) is 2. The van der Waals surface area contributed by atoms with Crippen molar-refractivity contribution < 1.29 is 4.79 Å². The Kier molecular flexibility index (Phi) is 9.63. The van der Waals surface area contributed by atoms with Crippen LogP contribution in [0.1, 0.15) is 37.7 Å². The van der Waals surface area contributed by atoms with E-state index in [1.807, 2.05) is 23.1 Å².